The van der Waals surface area contributed by atoms with Crippen LogP contribution in [0.25, 0.3) is 0 Å². The molecule has 3 rings (SSSR count). The van der Waals surface area contributed by atoms with E-state index >= 15 is 0 Å². The van der Waals surface area contributed by atoms with E-state index < -0.39 is 0 Å². The SMILES string of the molecule is CC(CN)N(C)C(=O)c1ccc2c(c1)C(=O)N(Cc1ccccc1)C2=O. The van der Waals surface area contributed by atoms with Crippen molar-refractivity contribution in [3.63, 3.8) is 0 Å². The Bertz CT molecular complexity index is 864. The number of nitrogens with two attached hydrogens (primary N) is 1. The molecule has 2 N–H and O–H groups in total. The van der Waals surface area contributed by atoms with Gasteiger partial charge in [-0.2, -0.15) is 0 Å². The van der Waals surface area contributed by atoms with E-state index in [4.69, 9.17) is 5.73 Å². The molecule has 3 amide bonds. The maximum atomic E-state index is 12.7. The van der Waals surface area contributed by atoms with Gasteiger partial charge >= 0.3 is 0 Å². The summed E-state index contributed by atoms with van der Waals surface area (Å²) in [7, 11) is 1.67. The molecule has 0 spiro atoms. The van der Waals surface area contributed by atoms with Gasteiger partial charge in [-0.05, 0) is 30.7 Å². The number of amides is 3. The number of nitrogens with zero attached hydrogens (tertiary/aromatic N) is 2. The average molecular weight is 351 g/mol. The van der Waals surface area contributed by atoms with Crippen LogP contribution in [-0.2, 0) is 6.54 Å². The van der Waals surface area contributed by atoms with Gasteiger partial charge in [-0.1, -0.05) is 30.3 Å². The van der Waals surface area contributed by atoms with Crippen molar-refractivity contribution in [3.05, 3.63) is 70.8 Å². The Balaban J connectivity index is 1.87. The molecule has 1 unspecified atom stereocenters. The average Bonchev–Trinajstić information content (AvgIpc) is 2.91. The molecule has 0 saturated carbocycles. The van der Waals surface area contributed by atoms with Crippen LogP contribution in [-0.4, -0.2) is 47.2 Å². The molecule has 0 aromatic heterocycles. The molecular formula is C20H21N3O3. The third kappa shape index (κ3) is 3.11. The molecule has 0 bridgehead atoms. The van der Waals surface area contributed by atoms with Gasteiger partial charge in [0.25, 0.3) is 17.7 Å². The minimum absolute atomic E-state index is 0.123. The van der Waals surface area contributed by atoms with E-state index in [1.165, 1.54) is 15.9 Å². The molecule has 2 aromatic rings. The van der Waals surface area contributed by atoms with Crippen LogP contribution < -0.4 is 5.73 Å². The first-order valence-electron chi connectivity index (χ1n) is 8.45. The zero-order chi connectivity index (χ0) is 18.8. The fourth-order valence-corrected chi connectivity index (χ4v) is 2.90. The molecule has 1 aliphatic rings. The second-order valence-electron chi connectivity index (χ2n) is 6.44. The van der Waals surface area contributed by atoms with Crippen LogP contribution in [0.4, 0.5) is 0 Å². The molecule has 6 heteroatoms. The largest absolute Gasteiger partial charge is 0.338 e. The number of fused-ring (bicyclic) bond motifs is 1. The fourth-order valence-electron chi connectivity index (χ4n) is 2.90. The first-order chi connectivity index (χ1) is 12.4. The highest BCUT2D eigenvalue weighted by atomic mass is 16.2. The molecular weight excluding hydrogens is 330 g/mol. The molecule has 0 saturated heterocycles. The quantitative estimate of drug-likeness (QED) is 0.834. The Hall–Kier alpha value is -2.99. The number of carbonyl (C=O) groups excluding carboxylic acids is 3. The van der Waals surface area contributed by atoms with Gasteiger partial charge in [0.05, 0.1) is 17.7 Å². The van der Waals surface area contributed by atoms with Crippen molar-refractivity contribution in [1.29, 1.82) is 0 Å². The third-order valence-corrected chi connectivity index (χ3v) is 4.72. The van der Waals surface area contributed by atoms with E-state index in [0.717, 1.165) is 5.56 Å². The van der Waals surface area contributed by atoms with E-state index in [9.17, 15) is 14.4 Å². The topological polar surface area (TPSA) is 83.7 Å². The van der Waals surface area contributed by atoms with E-state index in [1.54, 1.807) is 19.2 Å². The summed E-state index contributed by atoms with van der Waals surface area (Å²) in [6.45, 7) is 2.40. The van der Waals surface area contributed by atoms with Crippen molar-refractivity contribution >= 4 is 17.7 Å². The van der Waals surface area contributed by atoms with E-state index in [-0.39, 0.29) is 35.9 Å². The Morgan fingerprint density at radius 1 is 1.08 bits per heavy atom. The van der Waals surface area contributed by atoms with Gasteiger partial charge in [-0.15, -0.1) is 0 Å². The summed E-state index contributed by atoms with van der Waals surface area (Å²) in [6, 6.07) is 13.8. The number of benzene rings is 2. The molecule has 1 aliphatic heterocycles. The maximum Gasteiger partial charge on any atom is 0.261 e. The lowest BCUT2D eigenvalue weighted by molar-refractivity contribution is 0.0642. The minimum Gasteiger partial charge on any atom is -0.338 e. The Kier molecular flexibility index (Phi) is 4.86. The second kappa shape index (κ2) is 7.09. The molecule has 1 atom stereocenters. The van der Waals surface area contributed by atoms with Crippen LogP contribution in [0.2, 0.25) is 0 Å². The first-order valence-corrected chi connectivity index (χ1v) is 8.45. The van der Waals surface area contributed by atoms with Crippen molar-refractivity contribution in [1.82, 2.24) is 9.80 Å². The van der Waals surface area contributed by atoms with Crippen molar-refractivity contribution < 1.29 is 14.4 Å². The number of imide groups is 1. The Labute approximate surface area is 152 Å². The Morgan fingerprint density at radius 3 is 2.38 bits per heavy atom. The highest BCUT2D eigenvalue weighted by Gasteiger charge is 2.36. The van der Waals surface area contributed by atoms with Gasteiger partial charge in [-0.25, -0.2) is 0 Å². The van der Waals surface area contributed by atoms with Gasteiger partial charge in [-0.3, -0.25) is 19.3 Å². The summed E-state index contributed by atoms with van der Waals surface area (Å²) in [4.78, 5) is 40.6. The summed E-state index contributed by atoms with van der Waals surface area (Å²) < 4.78 is 0. The van der Waals surface area contributed by atoms with Gasteiger partial charge in [0.1, 0.15) is 0 Å². The molecule has 134 valence electrons. The van der Waals surface area contributed by atoms with Crippen LogP contribution in [0.15, 0.2) is 48.5 Å². The molecule has 26 heavy (non-hydrogen) atoms. The molecule has 1 heterocycles. The van der Waals surface area contributed by atoms with E-state index in [1.807, 2.05) is 37.3 Å². The van der Waals surface area contributed by atoms with Crippen molar-refractivity contribution in [2.45, 2.75) is 19.5 Å². The van der Waals surface area contributed by atoms with Crippen molar-refractivity contribution in [2.24, 2.45) is 5.73 Å². The van der Waals surface area contributed by atoms with Gasteiger partial charge in [0, 0.05) is 25.2 Å². The lowest BCUT2D eigenvalue weighted by Gasteiger charge is -2.23. The van der Waals surface area contributed by atoms with Gasteiger partial charge < -0.3 is 10.6 Å². The lowest BCUT2D eigenvalue weighted by Crippen LogP contribution is -2.39. The van der Waals surface area contributed by atoms with Crippen LogP contribution in [0.1, 0.15) is 43.6 Å². The minimum atomic E-state index is -0.377. The molecule has 0 radical (unpaired) electrons. The number of carbonyl (C=O) groups is 3. The van der Waals surface area contributed by atoms with Crippen LogP contribution in [0.5, 0.6) is 0 Å². The summed E-state index contributed by atoms with van der Waals surface area (Å²) in [5, 5.41) is 0. The highest BCUT2D eigenvalue weighted by molar-refractivity contribution is 6.22. The first kappa shape index (κ1) is 17.8. The summed E-state index contributed by atoms with van der Waals surface area (Å²) in [6.07, 6.45) is 0. The molecule has 6 nitrogen and oxygen atoms in total. The van der Waals surface area contributed by atoms with Crippen LogP contribution >= 0.6 is 0 Å². The summed E-state index contributed by atoms with van der Waals surface area (Å²) in [5.74, 6) is -0.943. The lowest BCUT2D eigenvalue weighted by atomic mass is 10.0. The van der Waals surface area contributed by atoms with Crippen LogP contribution in [0.3, 0.4) is 0 Å². The smallest absolute Gasteiger partial charge is 0.261 e. The molecule has 0 aliphatic carbocycles. The fraction of sp³-hybridized carbons (Fsp3) is 0.250. The number of likely N-dealkylation sites (N-methyl/N-ethyl adjacent to an activating group) is 1. The Morgan fingerprint density at radius 2 is 1.73 bits per heavy atom. The summed E-state index contributed by atoms with van der Waals surface area (Å²) in [5.41, 5.74) is 7.45. The standard InChI is InChI=1S/C20H21N3O3/c1-13(11-21)22(2)18(24)15-8-9-16-17(10-15)20(26)23(19(16)25)12-14-6-4-3-5-7-14/h3-10,13H,11-12,21H2,1-2H3. The second-order valence-corrected chi connectivity index (χ2v) is 6.44. The van der Waals surface area contributed by atoms with Gasteiger partial charge in [0.2, 0.25) is 0 Å². The van der Waals surface area contributed by atoms with Crippen molar-refractivity contribution in [2.75, 3.05) is 13.6 Å². The normalized spacial score (nSPS) is 14.3. The number of hydrogen-bond acceptors (Lipinski definition) is 4. The highest BCUT2D eigenvalue weighted by Crippen LogP contribution is 2.26. The monoisotopic (exact) mass is 351 g/mol. The predicted octanol–water partition coefficient (Wildman–Crippen LogP) is 1.90. The maximum absolute atomic E-state index is 12.7. The zero-order valence-electron chi connectivity index (χ0n) is 14.8. The van der Waals surface area contributed by atoms with E-state index in [0.29, 0.717) is 17.7 Å². The molecule has 0 fully saturated rings. The number of rotatable bonds is 5. The summed E-state index contributed by atoms with van der Waals surface area (Å²) >= 11 is 0. The zero-order valence-corrected chi connectivity index (χ0v) is 14.8. The van der Waals surface area contributed by atoms with Crippen molar-refractivity contribution in [3.8, 4) is 0 Å². The van der Waals surface area contributed by atoms with E-state index in [2.05, 4.69) is 0 Å². The predicted molar refractivity (Wildman–Crippen MR) is 97.7 cm³/mol. The van der Waals surface area contributed by atoms with Crippen LogP contribution in [0, 0.1) is 0 Å². The number of hydrogen-bond donors (Lipinski definition) is 1. The van der Waals surface area contributed by atoms with Gasteiger partial charge in [0.15, 0.2) is 0 Å². The molecule has 2 aromatic carbocycles. The third-order valence-electron chi connectivity index (χ3n) is 4.72.